The van der Waals surface area contributed by atoms with Gasteiger partial charge in [-0.25, -0.2) is 4.98 Å². The Labute approximate surface area is 86.7 Å². The molecular weight excluding hydrogens is 230 g/mol. The Bertz CT molecular complexity index is 306. The van der Waals surface area contributed by atoms with Gasteiger partial charge in [0.25, 0.3) is 0 Å². The number of rotatable bonds is 1. The van der Waals surface area contributed by atoms with E-state index in [0.717, 1.165) is 29.6 Å². The second-order valence-corrected chi connectivity index (χ2v) is 4.71. The Morgan fingerprint density at radius 1 is 1.69 bits per heavy atom. The maximum atomic E-state index is 4.26. The van der Waals surface area contributed by atoms with Crippen molar-refractivity contribution in [3.05, 3.63) is 10.8 Å². The van der Waals surface area contributed by atoms with Gasteiger partial charge >= 0.3 is 0 Å². The monoisotopic (exact) mass is 243 g/mol. The summed E-state index contributed by atoms with van der Waals surface area (Å²) in [5.74, 6) is 2.41. The molecule has 0 bridgehead atoms. The average molecular weight is 244 g/mol. The highest BCUT2D eigenvalue weighted by Crippen LogP contribution is 2.25. The van der Waals surface area contributed by atoms with Gasteiger partial charge in [-0.15, -0.1) is 0 Å². The number of anilines is 1. The number of imidazole rings is 1. The largest absolute Gasteiger partial charge is 0.355 e. The predicted molar refractivity (Wildman–Crippen MR) is 56.7 cm³/mol. The molecule has 3 nitrogen and oxygen atoms in total. The van der Waals surface area contributed by atoms with E-state index in [1.54, 1.807) is 0 Å². The fraction of sp³-hybridized carbons (Fsp3) is 0.667. The SMILES string of the molecule is CC(C)C1CNc2ncc(Br)n2C1. The van der Waals surface area contributed by atoms with Crippen molar-refractivity contribution >= 4 is 21.9 Å². The van der Waals surface area contributed by atoms with E-state index in [9.17, 15) is 0 Å². The Balaban J connectivity index is 2.22. The molecule has 1 N–H and O–H groups in total. The summed E-state index contributed by atoms with van der Waals surface area (Å²) in [6.45, 7) is 6.64. The van der Waals surface area contributed by atoms with E-state index in [2.05, 4.69) is 44.6 Å². The highest BCUT2D eigenvalue weighted by Gasteiger charge is 2.22. The highest BCUT2D eigenvalue weighted by atomic mass is 79.9. The first-order chi connectivity index (χ1) is 6.18. The van der Waals surface area contributed by atoms with Crippen molar-refractivity contribution in [3.8, 4) is 0 Å². The number of nitrogens with one attached hydrogen (secondary N) is 1. The van der Waals surface area contributed by atoms with Crippen LogP contribution < -0.4 is 5.32 Å². The quantitative estimate of drug-likeness (QED) is 0.821. The maximum absolute atomic E-state index is 4.26. The molecule has 0 spiro atoms. The summed E-state index contributed by atoms with van der Waals surface area (Å²) < 4.78 is 3.26. The number of aromatic nitrogens is 2. The van der Waals surface area contributed by atoms with Crippen molar-refractivity contribution < 1.29 is 0 Å². The van der Waals surface area contributed by atoms with Crippen molar-refractivity contribution in [1.29, 1.82) is 0 Å². The standard InChI is InChI=1S/C9H14BrN3/c1-6(2)7-3-11-9-12-4-8(10)13(9)5-7/h4,6-7H,3,5H2,1-2H3,(H,11,12). The number of halogens is 1. The first kappa shape index (κ1) is 9.06. The average Bonchev–Trinajstić information content (AvgIpc) is 2.47. The lowest BCUT2D eigenvalue weighted by molar-refractivity contribution is 0.335. The van der Waals surface area contributed by atoms with Crippen LogP contribution in [0.15, 0.2) is 10.8 Å². The minimum atomic E-state index is 0.706. The third kappa shape index (κ3) is 1.59. The van der Waals surface area contributed by atoms with Gasteiger partial charge in [0.1, 0.15) is 4.60 Å². The van der Waals surface area contributed by atoms with Gasteiger partial charge in [0, 0.05) is 13.1 Å². The molecule has 1 aromatic heterocycles. The van der Waals surface area contributed by atoms with Crippen LogP contribution in [0.4, 0.5) is 5.95 Å². The number of hydrogen-bond donors (Lipinski definition) is 1. The van der Waals surface area contributed by atoms with Gasteiger partial charge in [-0.3, -0.25) is 0 Å². The van der Waals surface area contributed by atoms with Gasteiger partial charge < -0.3 is 9.88 Å². The van der Waals surface area contributed by atoms with Crippen LogP contribution in [0, 0.1) is 11.8 Å². The zero-order valence-electron chi connectivity index (χ0n) is 7.92. The van der Waals surface area contributed by atoms with Gasteiger partial charge in [-0.05, 0) is 27.8 Å². The highest BCUT2D eigenvalue weighted by molar-refractivity contribution is 9.10. The lowest BCUT2D eigenvalue weighted by atomic mass is 9.95. The number of fused-ring (bicyclic) bond motifs is 1. The fourth-order valence-electron chi connectivity index (χ4n) is 1.64. The molecule has 0 saturated heterocycles. The van der Waals surface area contributed by atoms with E-state index >= 15 is 0 Å². The summed E-state index contributed by atoms with van der Waals surface area (Å²) >= 11 is 3.49. The summed E-state index contributed by atoms with van der Waals surface area (Å²) in [6, 6.07) is 0. The molecule has 4 heteroatoms. The molecule has 0 fully saturated rings. The van der Waals surface area contributed by atoms with E-state index in [-0.39, 0.29) is 0 Å². The molecule has 1 aliphatic rings. The van der Waals surface area contributed by atoms with Crippen LogP contribution in [0.25, 0.3) is 0 Å². The lowest BCUT2D eigenvalue weighted by Crippen LogP contribution is -2.30. The molecule has 13 heavy (non-hydrogen) atoms. The zero-order chi connectivity index (χ0) is 9.42. The molecule has 2 heterocycles. The minimum absolute atomic E-state index is 0.706. The van der Waals surface area contributed by atoms with Crippen molar-refractivity contribution in [2.45, 2.75) is 20.4 Å². The third-order valence-corrected chi connectivity index (χ3v) is 3.32. The smallest absolute Gasteiger partial charge is 0.203 e. The Hall–Kier alpha value is -0.510. The van der Waals surface area contributed by atoms with E-state index in [4.69, 9.17) is 0 Å². The zero-order valence-corrected chi connectivity index (χ0v) is 9.50. The first-order valence-electron chi connectivity index (χ1n) is 4.63. The molecule has 1 atom stereocenters. The number of hydrogen-bond acceptors (Lipinski definition) is 2. The number of nitrogens with zero attached hydrogens (tertiary/aromatic N) is 2. The minimum Gasteiger partial charge on any atom is -0.355 e. The summed E-state index contributed by atoms with van der Waals surface area (Å²) in [6.07, 6.45) is 1.85. The molecule has 1 aromatic rings. The van der Waals surface area contributed by atoms with Gasteiger partial charge in [0.05, 0.1) is 6.20 Å². The van der Waals surface area contributed by atoms with Gasteiger partial charge in [-0.1, -0.05) is 13.8 Å². The van der Waals surface area contributed by atoms with Crippen molar-refractivity contribution in [2.75, 3.05) is 11.9 Å². The van der Waals surface area contributed by atoms with Gasteiger partial charge in [0.2, 0.25) is 5.95 Å². The topological polar surface area (TPSA) is 29.9 Å². The fourth-order valence-corrected chi connectivity index (χ4v) is 2.05. The Morgan fingerprint density at radius 3 is 3.15 bits per heavy atom. The van der Waals surface area contributed by atoms with E-state index in [1.807, 2.05) is 6.20 Å². The van der Waals surface area contributed by atoms with Crippen LogP contribution in [-0.2, 0) is 6.54 Å². The maximum Gasteiger partial charge on any atom is 0.203 e. The molecule has 2 rings (SSSR count). The molecule has 0 aliphatic carbocycles. The van der Waals surface area contributed by atoms with Gasteiger partial charge in [0.15, 0.2) is 0 Å². The summed E-state index contributed by atoms with van der Waals surface area (Å²) in [4.78, 5) is 4.26. The van der Waals surface area contributed by atoms with E-state index < -0.39 is 0 Å². The Morgan fingerprint density at radius 2 is 2.46 bits per heavy atom. The van der Waals surface area contributed by atoms with Gasteiger partial charge in [-0.2, -0.15) is 0 Å². The Kier molecular flexibility index (Phi) is 2.32. The van der Waals surface area contributed by atoms with Crippen molar-refractivity contribution in [1.82, 2.24) is 9.55 Å². The molecule has 0 aromatic carbocycles. The normalized spacial score (nSPS) is 21.4. The van der Waals surface area contributed by atoms with Crippen LogP contribution in [0.1, 0.15) is 13.8 Å². The summed E-state index contributed by atoms with van der Waals surface area (Å²) in [5.41, 5.74) is 0. The molecular formula is C9H14BrN3. The molecule has 72 valence electrons. The second-order valence-electron chi connectivity index (χ2n) is 3.90. The van der Waals surface area contributed by atoms with Crippen LogP contribution >= 0.6 is 15.9 Å². The molecule has 1 aliphatic heterocycles. The van der Waals surface area contributed by atoms with Crippen LogP contribution in [0.2, 0.25) is 0 Å². The van der Waals surface area contributed by atoms with Crippen LogP contribution in [0.5, 0.6) is 0 Å². The molecule has 1 unspecified atom stereocenters. The lowest BCUT2D eigenvalue weighted by Gasteiger charge is -2.28. The molecule has 0 saturated carbocycles. The van der Waals surface area contributed by atoms with E-state index in [0.29, 0.717) is 5.92 Å². The van der Waals surface area contributed by atoms with E-state index in [1.165, 1.54) is 0 Å². The molecule has 0 amide bonds. The van der Waals surface area contributed by atoms with Crippen molar-refractivity contribution in [3.63, 3.8) is 0 Å². The van der Waals surface area contributed by atoms with Crippen LogP contribution in [0.3, 0.4) is 0 Å². The summed E-state index contributed by atoms with van der Waals surface area (Å²) in [5, 5.41) is 3.34. The third-order valence-electron chi connectivity index (χ3n) is 2.69. The molecule has 0 radical (unpaired) electrons. The van der Waals surface area contributed by atoms with Crippen LogP contribution in [-0.4, -0.2) is 16.1 Å². The van der Waals surface area contributed by atoms with Crippen molar-refractivity contribution in [2.24, 2.45) is 11.8 Å². The summed E-state index contributed by atoms with van der Waals surface area (Å²) in [7, 11) is 0. The second kappa shape index (κ2) is 3.33. The predicted octanol–water partition coefficient (Wildman–Crippen LogP) is 2.34. The first-order valence-corrected chi connectivity index (χ1v) is 5.42.